The smallest absolute Gasteiger partial charge is 0.407 e. The molecule has 6 aromatic rings. The molecule has 19 nitrogen and oxygen atoms in total. The highest BCUT2D eigenvalue weighted by Crippen LogP contribution is 2.45. The molecule has 0 unspecified atom stereocenters. The van der Waals surface area contributed by atoms with Crippen LogP contribution in [-0.2, 0) is 57.1 Å². The Balaban J connectivity index is 0.000000186. The lowest BCUT2D eigenvalue weighted by molar-refractivity contribution is -0.385. The van der Waals surface area contributed by atoms with Gasteiger partial charge in [0.2, 0.25) is 5.91 Å². The Morgan fingerprint density at radius 2 is 0.927 bits per heavy atom. The van der Waals surface area contributed by atoms with Crippen LogP contribution in [0.3, 0.4) is 0 Å². The highest BCUT2D eigenvalue weighted by Gasteiger charge is 2.43. The van der Waals surface area contributed by atoms with E-state index >= 15 is 0 Å². The van der Waals surface area contributed by atoms with Crippen molar-refractivity contribution in [1.29, 1.82) is 0 Å². The number of carbonyl (C=O) groups excluding carboxylic acids is 4. The molecule has 2 saturated carbocycles. The molecule has 0 radical (unpaired) electrons. The molecule has 0 spiro atoms. The maximum absolute atomic E-state index is 13.6. The van der Waals surface area contributed by atoms with Gasteiger partial charge >= 0.3 is 24.0 Å². The summed E-state index contributed by atoms with van der Waals surface area (Å²) in [5, 5.41) is 36.7. The molecule has 0 aromatic heterocycles. The number of benzene rings is 6. The molecule has 3 aliphatic rings. The molecule has 0 saturated heterocycles. The zero-order chi connectivity index (χ0) is 58.8. The summed E-state index contributed by atoms with van der Waals surface area (Å²) in [7, 11) is 5.71. The summed E-state index contributed by atoms with van der Waals surface area (Å²) in [5.41, 5.74) is 6.04. The number of nitro groups is 2. The highest BCUT2D eigenvalue weighted by molar-refractivity contribution is 5.92. The Bertz CT molecular complexity index is 3130. The van der Waals surface area contributed by atoms with Crippen LogP contribution < -0.4 is 20.1 Å². The van der Waals surface area contributed by atoms with Crippen LogP contribution >= 0.6 is 0 Å². The number of nitrogens with zero attached hydrogens (tertiary/aromatic N) is 2. The van der Waals surface area contributed by atoms with Crippen molar-refractivity contribution in [3.05, 3.63) is 199 Å². The molecule has 2 amide bonds. The van der Waals surface area contributed by atoms with E-state index in [1.165, 1.54) is 50.6 Å². The summed E-state index contributed by atoms with van der Waals surface area (Å²) in [6.45, 7) is 0.116. The van der Waals surface area contributed by atoms with Crippen LogP contribution in [0.15, 0.2) is 146 Å². The van der Waals surface area contributed by atoms with Crippen molar-refractivity contribution in [2.75, 3.05) is 35.0 Å². The lowest BCUT2D eigenvalue weighted by Gasteiger charge is -2.37. The van der Waals surface area contributed by atoms with E-state index in [4.69, 9.17) is 23.7 Å². The van der Waals surface area contributed by atoms with Crippen LogP contribution in [0.5, 0.6) is 11.5 Å². The number of amides is 2. The predicted octanol–water partition coefficient (Wildman–Crippen LogP) is 10.9. The van der Waals surface area contributed by atoms with Crippen LogP contribution in [0.2, 0.25) is 0 Å². The standard InChI is InChI=1S/C25H22N2O6.C24H28N2O6.C14H18O3/c1-32-24(28)23(14-16-10-12-17(13-11-16)27(30)31)26-25(29)33-15-22-20-8-4-2-6-18(20)19-7-3-5-9-21(19)22;1-31-20-12-8-18(9-13-20)24(14-4-3-5-15-24)23(28)25-21(22(27)32-2)16-17-6-10-19(11-7-17)26(29)30;1-17-12-7-5-11(6-8-12)14(13(15)16)9-3-2-4-10-14/h2-13,22-23H,14-15H2,1H3,(H,26,29);6-13,21H,3-5,14-16H2,1-2H3,(H,25,28);5-8H,2-4,9-10H2,1H3,(H,15,16)/t23-;21-;/m00./s1. The minimum Gasteiger partial charge on any atom is -0.497 e. The van der Waals surface area contributed by atoms with Gasteiger partial charge in [-0.2, -0.15) is 0 Å². The fourth-order valence-electron chi connectivity index (χ4n) is 11.1. The number of hydrogen-bond donors (Lipinski definition) is 3. The minimum atomic E-state index is -0.993. The fraction of sp³-hybridized carbons (Fsp3) is 0.349. The second kappa shape index (κ2) is 28.3. The summed E-state index contributed by atoms with van der Waals surface area (Å²) < 4.78 is 25.6. The van der Waals surface area contributed by atoms with E-state index in [-0.39, 0.29) is 42.6 Å². The maximum atomic E-state index is 13.6. The summed E-state index contributed by atoms with van der Waals surface area (Å²) in [6, 6.07) is 40.8. The number of nitrogens with one attached hydrogen (secondary N) is 2. The van der Waals surface area contributed by atoms with Gasteiger partial charge in [-0.1, -0.05) is 136 Å². The van der Waals surface area contributed by atoms with Gasteiger partial charge in [0.1, 0.15) is 30.2 Å². The van der Waals surface area contributed by atoms with Gasteiger partial charge in [-0.15, -0.1) is 0 Å². The third-order valence-corrected chi connectivity index (χ3v) is 15.6. The first kappa shape index (κ1) is 60.5. The van der Waals surface area contributed by atoms with Gasteiger partial charge in [-0.25, -0.2) is 14.4 Å². The van der Waals surface area contributed by atoms with Crippen LogP contribution in [0, 0.1) is 20.2 Å². The van der Waals surface area contributed by atoms with Crippen molar-refractivity contribution < 1.29 is 62.6 Å². The first-order valence-corrected chi connectivity index (χ1v) is 27.1. The number of carbonyl (C=O) groups is 5. The number of carboxylic acids is 1. The molecular formula is C63H68N4O15. The zero-order valence-electron chi connectivity index (χ0n) is 46.3. The molecule has 0 heterocycles. The van der Waals surface area contributed by atoms with Crippen molar-refractivity contribution in [3.63, 3.8) is 0 Å². The summed E-state index contributed by atoms with van der Waals surface area (Å²) >= 11 is 0. The summed E-state index contributed by atoms with van der Waals surface area (Å²) in [5.74, 6) is -0.716. The molecule has 3 aliphatic carbocycles. The molecule has 430 valence electrons. The summed E-state index contributed by atoms with van der Waals surface area (Å²) in [6.07, 6.45) is 8.46. The second-order valence-electron chi connectivity index (χ2n) is 20.4. The summed E-state index contributed by atoms with van der Waals surface area (Å²) in [4.78, 5) is 83.2. The van der Waals surface area contributed by atoms with Gasteiger partial charge in [-0.05, 0) is 94.5 Å². The molecule has 82 heavy (non-hydrogen) atoms. The molecule has 3 N–H and O–H groups in total. The van der Waals surface area contributed by atoms with Gasteiger partial charge in [0.05, 0.1) is 49.1 Å². The van der Waals surface area contributed by atoms with E-state index < -0.39 is 56.8 Å². The molecule has 2 atom stereocenters. The third kappa shape index (κ3) is 14.6. The monoisotopic (exact) mass is 1120 g/mol. The average molecular weight is 1120 g/mol. The number of nitro benzene ring substituents is 2. The largest absolute Gasteiger partial charge is 0.497 e. The number of hydrogen-bond acceptors (Lipinski definition) is 14. The number of non-ortho nitro benzene ring substituents is 2. The third-order valence-electron chi connectivity index (χ3n) is 15.6. The first-order chi connectivity index (χ1) is 39.6. The lowest BCUT2D eigenvalue weighted by Crippen LogP contribution is -2.52. The van der Waals surface area contributed by atoms with Crippen molar-refractivity contribution in [2.24, 2.45) is 0 Å². The number of fused-ring (bicyclic) bond motifs is 3. The topological polar surface area (TPSA) is 262 Å². The van der Waals surface area contributed by atoms with E-state index in [2.05, 4.69) is 10.6 Å². The van der Waals surface area contributed by atoms with Gasteiger partial charge < -0.3 is 39.4 Å². The number of methoxy groups -OCH3 is 4. The van der Waals surface area contributed by atoms with E-state index in [0.717, 1.165) is 90.5 Å². The number of alkyl carbamates (subject to hydrolysis) is 1. The van der Waals surface area contributed by atoms with Crippen molar-refractivity contribution in [3.8, 4) is 22.6 Å². The maximum Gasteiger partial charge on any atom is 0.407 e. The van der Waals surface area contributed by atoms with Crippen LogP contribution in [-0.4, -0.2) is 92.0 Å². The quantitative estimate of drug-likeness (QED) is 0.0313. The minimum absolute atomic E-state index is 0.0342. The number of rotatable bonds is 18. The van der Waals surface area contributed by atoms with Gasteiger partial charge in [0, 0.05) is 43.0 Å². The van der Waals surface area contributed by atoms with E-state index in [0.29, 0.717) is 29.7 Å². The Morgan fingerprint density at radius 3 is 1.32 bits per heavy atom. The van der Waals surface area contributed by atoms with Crippen LogP contribution in [0.4, 0.5) is 16.2 Å². The molecule has 0 aliphatic heterocycles. The highest BCUT2D eigenvalue weighted by atomic mass is 16.6. The predicted molar refractivity (Wildman–Crippen MR) is 305 cm³/mol. The SMILES string of the molecule is COC(=O)[C@H](Cc1ccc([N+](=O)[O-])cc1)NC(=O)C1(c2ccc(OC)cc2)CCCCC1.COC(=O)[C@H](Cc1ccc([N+](=O)[O-])cc1)NC(=O)OCC1c2ccccc2-c2ccccc21.COc1ccc(C2(C(=O)O)CCCCC2)cc1. The normalized spacial score (nSPS) is 15.3. The van der Waals surface area contributed by atoms with Gasteiger partial charge in [0.25, 0.3) is 11.4 Å². The molecule has 2 fully saturated rings. The molecular weight excluding hydrogens is 1050 g/mol. The zero-order valence-corrected chi connectivity index (χ0v) is 46.3. The number of esters is 2. The van der Waals surface area contributed by atoms with E-state index in [9.17, 15) is 49.3 Å². The van der Waals surface area contributed by atoms with Crippen molar-refractivity contribution >= 4 is 41.3 Å². The molecule has 19 heteroatoms. The lowest BCUT2D eigenvalue weighted by atomic mass is 9.68. The second-order valence-corrected chi connectivity index (χ2v) is 20.4. The molecule has 9 rings (SSSR count). The number of ether oxygens (including phenoxy) is 5. The Labute approximate surface area is 475 Å². The van der Waals surface area contributed by atoms with E-state index in [1.54, 1.807) is 26.4 Å². The van der Waals surface area contributed by atoms with Crippen LogP contribution in [0.25, 0.3) is 11.1 Å². The molecule has 0 bridgehead atoms. The van der Waals surface area contributed by atoms with Crippen molar-refractivity contribution in [1.82, 2.24) is 10.6 Å². The average Bonchev–Trinajstić information content (AvgIpc) is 4.02. The Hall–Kier alpha value is -9.13. The Morgan fingerprint density at radius 1 is 0.537 bits per heavy atom. The van der Waals surface area contributed by atoms with E-state index in [1.807, 2.05) is 97.1 Å². The van der Waals surface area contributed by atoms with Crippen LogP contribution in [0.1, 0.15) is 104 Å². The number of carboxylic acid groups (broad SMARTS) is 1. The first-order valence-electron chi connectivity index (χ1n) is 27.1. The fourth-order valence-corrected chi connectivity index (χ4v) is 11.1. The van der Waals surface area contributed by atoms with Gasteiger partial charge in [-0.3, -0.25) is 29.8 Å². The number of aliphatic carboxylic acids is 1. The molecule has 6 aromatic carbocycles. The van der Waals surface area contributed by atoms with Crippen molar-refractivity contribution in [2.45, 2.75) is 106 Å². The Kier molecular flexibility index (Phi) is 20.9. The van der Waals surface area contributed by atoms with Gasteiger partial charge in [0.15, 0.2) is 0 Å².